The van der Waals surface area contributed by atoms with Crippen LogP contribution in [0.3, 0.4) is 0 Å². The number of nitrogens with one attached hydrogen (secondary N) is 2. The summed E-state index contributed by atoms with van der Waals surface area (Å²) in [5, 5.41) is 5.83. The Bertz CT molecular complexity index is 876. The monoisotopic (exact) mass is 509 g/mol. The van der Waals surface area contributed by atoms with Gasteiger partial charge in [-0.05, 0) is 25.1 Å². The lowest BCUT2D eigenvalue weighted by atomic mass is 10.2. The van der Waals surface area contributed by atoms with Crippen LogP contribution in [0.2, 0.25) is 0 Å². The van der Waals surface area contributed by atoms with E-state index in [4.69, 9.17) is 0 Å². The highest BCUT2D eigenvalue weighted by Crippen LogP contribution is 2.14. The van der Waals surface area contributed by atoms with Gasteiger partial charge in [0, 0.05) is 18.7 Å². The summed E-state index contributed by atoms with van der Waals surface area (Å²) in [6.45, 7) is 2.57. The van der Waals surface area contributed by atoms with Gasteiger partial charge in [-0.15, -0.1) is 24.0 Å². The minimum atomic E-state index is -3.76. The highest BCUT2D eigenvalue weighted by Gasteiger charge is 2.18. The van der Waals surface area contributed by atoms with Crippen molar-refractivity contribution in [1.82, 2.24) is 10.6 Å². The fraction of sp³-hybridized carbons (Fsp3) is 0.278. The standard InChI is InChI=1S/C18H21F2N3O2S.HI/c1-2-21-18(23-13-14-7-3-4-8-15(14)19)22-11-12-26(24,25)17-10-6-5-9-16(17)20;/h3-10H,2,11-13H2,1H3,(H2,21,22,23);1H. The number of aliphatic imine (C=N–C) groups is 1. The summed E-state index contributed by atoms with van der Waals surface area (Å²) in [7, 11) is -3.76. The molecule has 2 N–H and O–H groups in total. The molecule has 0 saturated heterocycles. The van der Waals surface area contributed by atoms with Gasteiger partial charge in [0.05, 0.1) is 12.3 Å². The van der Waals surface area contributed by atoms with Crippen LogP contribution >= 0.6 is 24.0 Å². The highest BCUT2D eigenvalue weighted by atomic mass is 127. The van der Waals surface area contributed by atoms with Crippen LogP contribution in [0.1, 0.15) is 12.5 Å². The van der Waals surface area contributed by atoms with Gasteiger partial charge in [-0.3, -0.25) is 0 Å². The van der Waals surface area contributed by atoms with Gasteiger partial charge in [0.15, 0.2) is 15.8 Å². The second kappa shape index (κ2) is 11.2. The lowest BCUT2D eigenvalue weighted by Gasteiger charge is -2.12. The third-order valence-electron chi connectivity index (χ3n) is 3.54. The molecule has 9 heteroatoms. The van der Waals surface area contributed by atoms with Gasteiger partial charge in [-0.25, -0.2) is 22.2 Å². The molecule has 2 aromatic carbocycles. The van der Waals surface area contributed by atoms with Crippen LogP contribution < -0.4 is 10.6 Å². The molecule has 27 heavy (non-hydrogen) atoms. The van der Waals surface area contributed by atoms with Crippen LogP contribution in [-0.2, 0) is 16.4 Å². The van der Waals surface area contributed by atoms with E-state index in [0.29, 0.717) is 18.1 Å². The van der Waals surface area contributed by atoms with Crippen LogP contribution in [0.5, 0.6) is 0 Å². The molecule has 0 heterocycles. The molecule has 0 saturated carbocycles. The van der Waals surface area contributed by atoms with Crippen molar-refractivity contribution in [2.75, 3.05) is 18.8 Å². The molecule has 0 unspecified atom stereocenters. The molecule has 0 aromatic heterocycles. The second-order valence-electron chi connectivity index (χ2n) is 5.46. The van der Waals surface area contributed by atoms with E-state index in [1.54, 1.807) is 18.2 Å². The van der Waals surface area contributed by atoms with Crippen LogP contribution in [0, 0.1) is 11.6 Å². The number of hydrogen-bond donors (Lipinski definition) is 2. The molecule has 0 atom stereocenters. The average molecular weight is 509 g/mol. The Morgan fingerprint density at radius 1 is 1.00 bits per heavy atom. The van der Waals surface area contributed by atoms with Gasteiger partial charge in [0.1, 0.15) is 16.5 Å². The van der Waals surface area contributed by atoms with Crippen LogP contribution in [0.15, 0.2) is 58.4 Å². The zero-order chi connectivity index (χ0) is 19.0. The zero-order valence-electron chi connectivity index (χ0n) is 14.8. The first kappa shape index (κ1) is 23.3. The molecular weight excluding hydrogens is 487 g/mol. The molecule has 2 rings (SSSR count). The first-order chi connectivity index (χ1) is 12.4. The molecule has 0 aliphatic heterocycles. The molecule has 148 valence electrons. The maximum Gasteiger partial charge on any atom is 0.191 e. The second-order valence-corrected chi connectivity index (χ2v) is 7.54. The van der Waals surface area contributed by atoms with Crippen LogP contribution in [-0.4, -0.2) is 33.2 Å². The fourth-order valence-electron chi connectivity index (χ4n) is 2.24. The lowest BCUT2D eigenvalue weighted by Crippen LogP contribution is -2.39. The predicted molar refractivity (Wildman–Crippen MR) is 113 cm³/mol. The van der Waals surface area contributed by atoms with Gasteiger partial charge >= 0.3 is 0 Å². The van der Waals surface area contributed by atoms with E-state index in [0.717, 1.165) is 6.07 Å². The average Bonchev–Trinajstić information content (AvgIpc) is 2.61. The Kier molecular flexibility index (Phi) is 9.64. The Labute approximate surface area is 175 Å². The molecular formula is C18H22F2IN3O2S. The van der Waals surface area contributed by atoms with E-state index in [2.05, 4.69) is 15.6 Å². The summed E-state index contributed by atoms with van der Waals surface area (Å²) >= 11 is 0. The summed E-state index contributed by atoms with van der Waals surface area (Å²) in [5.41, 5.74) is 0.434. The molecule has 0 aliphatic rings. The van der Waals surface area contributed by atoms with E-state index >= 15 is 0 Å². The first-order valence-electron chi connectivity index (χ1n) is 8.17. The summed E-state index contributed by atoms with van der Waals surface area (Å²) < 4.78 is 51.8. The largest absolute Gasteiger partial charge is 0.357 e. The summed E-state index contributed by atoms with van der Waals surface area (Å²) in [5.74, 6) is -1.06. The Morgan fingerprint density at radius 2 is 1.63 bits per heavy atom. The maximum absolute atomic E-state index is 13.7. The van der Waals surface area contributed by atoms with Gasteiger partial charge < -0.3 is 10.6 Å². The minimum Gasteiger partial charge on any atom is -0.357 e. The maximum atomic E-state index is 13.7. The number of rotatable bonds is 7. The minimum absolute atomic E-state index is 0. The van der Waals surface area contributed by atoms with Crippen molar-refractivity contribution in [3.05, 3.63) is 65.7 Å². The molecule has 5 nitrogen and oxygen atoms in total. The van der Waals surface area contributed by atoms with E-state index in [-0.39, 0.29) is 53.5 Å². The molecule has 0 bridgehead atoms. The molecule has 2 aromatic rings. The molecule has 0 spiro atoms. The van der Waals surface area contributed by atoms with Crippen molar-refractivity contribution >= 4 is 39.8 Å². The predicted octanol–water partition coefficient (Wildman–Crippen LogP) is 3.11. The first-order valence-corrected chi connectivity index (χ1v) is 9.82. The molecule has 0 aliphatic carbocycles. The molecule has 0 fully saturated rings. The van der Waals surface area contributed by atoms with Gasteiger partial charge in [-0.2, -0.15) is 0 Å². The summed E-state index contributed by atoms with van der Waals surface area (Å²) in [4.78, 5) is 3.92. The SMILES string of the molecule is CCNC(=NCc1ccccc1F)NCCS(=O)(=O)c1ccccc1F.I. The van der Waals surface area contributed by atoms with Crippen molar-refractivity contribution in [2.45, 2.75) is 18.4 Å². The Balaban J connectivity index is 0.00000364. The quantitative estimate of drug-likeness (QED) is 0.342. The van der Waals surface area contributed by atoms with E-state index < -0.39 is 15.7 Å². The molecule has 0 amide bonds. The number of benzene rings is 2. The van der Waals surface area contributed by atoms with E-state index in [1.165, 1.54) is 24.3 Å². The fourth-order valence-corrected chi connectivity index (χ4v) is 3.49. The normalized spacial score (nSPS) is 11.6. The molecule has 0 radical (unpaired) electrons. The number of sulfone groups is 1. The smallest absolute Gasteiger partial charge is 0.191 e. The Hall–Kier alpha value is -1.75. The summed E-state index contributed by atoms with van der Waals surface area (Å²) in [6, 6.07) is 11.6. The summed E-state index contributed by atoms with van der Waals surface area (Å²) in [6.07, 6.45) is 0. The van der Waals surface area contributed by atoms with Gasteiger partial charge in [0.25, 0.3) is 0 Å². The number of guanidine groups is 1. The van der Waals surface area contributed by atoms with Gasteiger partial charge in [-0.1, -0.05) is 30.3 Å². The number of halogens is 3. The Morgan fingerprint density at radius 3 is 2.26 bits per heavy atom. The third-order valence-corrected chi connectivity index (χ3v) is 5.29. The highest BCUT2D eigenvalue weighted by molar-refractivity contribution is 14.0. The van der Waals surface area contributed by atoms with Crippen LogP contribution in [0.4, 0.5) is 8.78 Å². The van der Waals surface area contributed by atoms with Crippen molar-refractivity contribution in [2.24, 2.45) is 4.99 Å². The van der Waals surface area contributed by atoms with Crippen molar-refractivity contribution in [3.63, 3.8) is 0 Å². The van der Waals surface area contributed by atoms with E-state index in [1.807, 2.05) is 6.92 Å². The topological polar surface area (TPSA) is 70.6 Å². The van der Waals surface area contributed by atoms with Crippen molar-refractivity contribution < 1.29 is 17.2 Å². The number of hydrogen-bond acceptors (Lipinski definition) is 3. The van der Waals surface area contributed by atoms with Crippen LogP contribution in [0.25, 0.3) is 0 Å². The lowest BCUT2D eigenvalue weighted by molar-refractivity contribution is 0.566. The van der Waals surface area contributed by atoms with E-state index in [9.17, 15) is 17.2 Å². The zero-order valence-corrected chi connectivity index (χ0v) is 17.9. The van der Waals surface area contributed by atoms with Gasteiger partial charge in [0.2, 0.25) is 0 Å². The number of nitrogens with zero attached hydrogens (tertiary/aromatic N) is 1. The van der Waals surface area contributed by atoms with Crippen molar-refractivity contribution in [1.29, 1.82) is 0 Å². The van der Waals surface area contributed by atoms with Crippen molar-refractivity contribution in [3.8, 4) is 0 Å². The third kappa shape index (κ3) is 7.06.